The summed E-state index contributed by atoms with van der Waals surface area (Å²) in [5.74, 6) is 0.736. The van der Waals surface area contributed by atoms with Crippen LogP contribution in [0.25, 0.3) is 0 Å². The number of nitrogens with two attached hydrogens (primary N) is 1. The minimum Gasteiger partial charge on any atom is -0.493 e. The average molecular weight is 350 g/mol. The maximum atomic E-state index is 5.80. The third-order valence-corrected chi connectivity index (χ3v) is 3.63. The lowest BCUT2D eigenvalue weighted by molar-refractivity contribution is 0.310. The van der Waals surface area contributed by atoms with Gasteiger partial charge in [-0.05, 0) is 36.6 Å². The monoisotopic (exact) mass is 349 g/mol. The Kier molecular flexibility index (Phi) is 5.56. The minimum absolute atomic E-state index is 0.357. The highest BCUT2D eigenvalue weighted by atomic mass is 79.9. The molecule has 0 aliphatic carbocycles. The average Bonchev–Trinajstić information content (AvgIpc) is 2.44. The van der Waals surface area contributed by atoms with Crippen LogP contribution in [0.3, 0.4) is 0 Å². The fourth-order valence-electron chi connectivity index (χ4n) is 1.92. The second-order valence-corrected chi connectivity index (χ2v) is 5.80. The lowest BCUT2D eigenvalue weighted by Gasteiger charge is -2.11. The molecule has 0 unspecified atom stereocenters. The van der Waals surface area contributed by atoms with Crippen LogP contribution in [0, 0.1) is 0 Å². The molecular formula is C16H16BrNOS. The van der Waals surface area contributed by atoms with Crippen LogP contribution in [0.1, 0.15) is 17.5 Å². The summed E-state index contributed by atoms with van der Waals surface area (Å²) in [5, 5.41) is 0. The van der Waals surface area contributed by atoms with Crippen molar-refractivity contribution < 1.29 is 4.74 Å². The van der Waals surface area contributed by atoms with Crippen LogP contribution in [0.2, 0.25) is 0 Å². The first kappa shape index (κ1) is 15.0. The van der Waals surface area contributed by atoms with E-state index < -0.39 is 0 Å². The third-order valence-electron chi connectivity index (χ3n) is 2.92. The van der Waals surface area contributed by atoms with Crippen molar-refractivity contribution in [3.8, 4) is 5.75 Å². The molecule has 0 aromatic heterocycles. The van der Waals surface area contributed by atoms with Crippen LogP contribution in [-0.4, -0.2) is 11.6 Å². The molecule has 2 aromatic carbocycles. The molecule has 0 amide bonds. The SMILES string of the molecule is NC(=S)c1ccc(Br)cc1OCCCc1ccccc1. The molecule has 0 saturated carbocycles. The van der Waals surface area contributed by atoms with Gasteiger partial charge in [-0.15, -0.1) is 0 Å². The minimum atomic E-state index is 0.357. The summed E-state index contributed by atoms with van der Waals surface area (Å²) in [7, 11) is 0. The standard InChI is InChI=1S/C16H16BrNOS/c17-13-8-9-14(16(18)20)15(11-13)19-10-4-7-12-5-2-1-3-6-12/h1-3,5-6,8-9,11H,4,7,10H2,(H2,18,20). The Bertz CT molecular complexity index is 586. The molecule has 0 aliphatic rings. The van der Waals surface area contributed by atoms with Crippen molar-refractivity contribution in [2.75, 3.05) is 6.61 Å². The van der Waals surface area contributed by atoms with Gasteiger partial charge in [-0.2, -0.15) is 0 Å². The number of aryl methyl sites for hydroxylation is 1. The van der Waals surface area contributed by atoms with Crippen LogP contribution < -0.4 is 10.5 Å². The van der Waals surface area contributed by atoms with Gasteiger partial charge in [-0.3, -0.25) is 0 Å². The van der Waals surface area contributed by atoms with Crippen LogP contribution in [0.5, 0.6) is 5.75 Å². The Morgan fingerprint density at radius 1 is 1.15 bits per heavy atom. The van der Waals surface area contributed by atoms with Crippen molar-refractivity contribution in [2.24, 2.45) is 5.73 Å². The molecule has 0 bridgehead atoms. The largest absolute Gasteiger partial charge is 0.493 e. The number of halogens is 1. The molecule has 2 nitrogen and oxygen atoms in total. The van der Waals surface area contributed by atoms with E-state index >= 15 is 0 Å². The molecule has 20 heavy (non-hydrogen) atoms. The lowest BCUT2D eigenvalue weighted by atomic mass is 10.1. The predicted octanol–water partition coefficient (Wildman–Crippen LogP) is 4.09. The van der Waals surface area contributed by atoms with Crippen LogP contribution in [-0.2, 0) is 6.42 Å². The molecule has 2 rings (SSSR count). The van der Waals surface area contributed by atoms with Crippen molar-refractivity contribution in [3.05, 3.63) is 64.1 Å². The summed E-state index contributed by atoms with van der Waals surface area (Å²) in [6.07, 6.45) is 1.95. The van der Waals surface area contributed by atoms with Gasteiger partial charge in [0.05, 0.1) is 12.2 Å². The van der Waals surface area contributed by atoms with E-state index in [0.717, 1.165) is 28.6 Å². The molecule has 0 heterocycles. The van der Waals surface area contributed by atoms with Crippen LogP contribution in [0.4, 0.5) is 0 Å². The Hall–Kier alpha value is -1.39. The molecule has 2 N–H and O–H groups in total. The molecule has 0 atom stereocenters. The van der Waals surface area contributed by atoms with Crippen molar-refractivity contribution in [1.29, 1.82) is 0 Å². The highest BCUT2D eigenvalue weighted by molar-refractivity contribution is 9.10. The first-order valence-electron chi connectivity index (χ1n) is 6.43. The first-order valence-corrected chi connectivity index (χ1v) is 7.63. The fraction of sp³-hybridized carbons (Fsp3) is 0.188. The van der Waals surface area contributed by atoms with Gasteiger partial charge in [-0.25, -0.2) is 0 Å². The molecule has 2 aromatic rings. The van der Waals surface area contributed by atoms with Gasteiger partial charge in [0.1, 0.15) is 10.7 Å². The smallest absolute Gasteiger partial charge is 0.130 e. The molecular weight excluding hydrogens is 334 g/mol. The number of hydrogen-bond donors (Lipinski definition) is 1. The van der Waals surface area contributed by atoms with Gasteiger partial charge in [0.25, 0.3) is 0 Å². The van der Waals surface area contributed by atoms with E-state index in [9.17, 15) is 0 Å². The highest BCUT2D eigenvalue weighted by Gasteiger charge is 2.07. The van der Waals surface area contributed by atoms with Gasteiger partial charge < -0.3 is 10.5 Å². The van der Waals surface area contributed by atoms with Crippen LogP contribution in [0.15, 0.2) is 53.0 Å². The number of thiocarbonyl (C=S) groups is 1. The fourth-order valence-corrected chi connectivity index (χ4v) is 2.43. The van der Waals surface area contributed by atoms with Gasteiger partial charge in [0.15, 0.2) is 0 Å². The maximum absolute atomic E-state index is 5.80. The summed E-state index contributed by atoms with van der Waals surface area (Å²) in [4.78, 5) is 0.357. The summed E-state index contributed by atoms with van der Waals surface area (Å²) in [5.41, 5.74) is 7.80. The van der Waals surface area contributed by atoms with Crippen LogP contribution >= 0.6 is 28.1 Å². The highest BCUT2D eigenvalue weighted by Crippen LogP contribution is 2.24. The summed E-state index contributed by atoms with van der Waals surface area (Å²) >= 11 is 8.46. The molecule has 104 valence electrons. The third kappa shape index (κ3) is 4.32. The molecule has 0 aliphatic heterocycles. The summed E-state index contributed by atoms with van der Waals surface area (Å²) in [6.45, 7) is 0.640. The summed E-state index contributed by atoms with van der Waals surface area (Å²) < 4.78 is 6.76. The van der Waals surface area contributed by atoms with Crippen molar-refractivity contribution >= 4 is 33.1 Å². The van der Waals surface area contributed by atoms with E-state index in [2.05, 4.69) is 40.2 Å². The topological polar surface area (TPSA) is 35.2 Å². The van der Waals surface area contributed by atoms with Gasteiger partial charge in [-0.1, -0.05) is 58.5 Å². The lowest BCUT2D eigenvalue weighted by Crippen LogP contribution is -2.12. The van der Waals surface area contributed by atoms with Gasteiger partial charge in [0, 0.05) is 4.47 Å². The number of ether oxygens (including phenoxy) is 1. The maximum Gasteiger partial charge on any atom is 0.130 e. The van der Waals surface area contributed by atoms with E-state index in [1.54, 1.807) is 0 Å². The van der Waals surface area contributed by atoms with E-state index in [1.807, 2.05) is 24.3 Å². The zero-order valence-corrected chi connectivity index (χ0v) is 13.4. The Morgan fingerprint density at radius 2 is 1.90 bits per heavy atom. The van der Waals surface area contributed by atoms with Crippen molar-refractivity contribution in [1.82, 2.24) is 0 Å². The number of rotatable bonds is 6. The predicted molar refractivity (Wildman–Crippen MR) is 90.3 cm³/mol. The van der Waals surface area contributed by atoms with E-state index in [4.69, 9.17) is 22.7 Å². The second kappa shape index (κ2) is 7.41. The summed E-state index contributed by atoms with van der Waals surface area (Å²) in [6, 6.07) is 16.1. The van der Waals surface area contributed by atoms with Crippen molar-refractivity contribution in [3.63, 3.8) is 0 Å². The molecule has 0 saturated heterocycles. The second-order valence-electron chi connectivity index (χ2n) is 4.44. The molecule has 4 heteroatoms. The molecule has 0 fully saturated rings. The Morgan fingerprint density at radius 3 is 2.60 bits per heavy atom. The zero-order valence-electron chi connectivity index (χ0n) is 11.0. The number of benzene rings is 2. The van der Waals surface area contributed by atoms with E-state index in [-0.39, 0.29) is 0 Å². The Labute approximate surface area is 133 Å². The van der Waals surface area contributed by atoms with Crippen molar-refractivity contribution in [2.45, 2.75) is 12.8 Å². The zero-order chi connectivity index (χ0) is 14.4. The molecule has 0 spiro atoms. The van der Waals surface area contributed by atoms with E-state index in [1.165, 1.54) is 5.56 Å². The molecule has 0 radical (unpaired) electrons. The Balaban J connectivity index is 1.91. The quantitative estimate of drug-likeness (QED) is 0.629. The van der Waals surface area contributed by atoms with E-state index in [0.29, 0.717) is 11.6 Å². The number of hydrogen-bond acceptors (Lipinski definition) is 2. The van der Waals surface area contributed by atoms with Gasteiger partial charge >= 0.3 is 0 Å². The first-order chi connectivity index (χ1) is 9.66. The normalized spacial score (nSPS) is 10.2. The van der Waals surface area contributed by atoms with Gasteiger partial charge in [0.2, 0.25) is 0 Å².